The highest BCUT2D eigenvalue weighted by Gasteiger charge is 2.31. The van der Waals surface area contributed by atoms with Gasteiger partial charge < -0.3 is 9.73 Å². The van der Waals surface area contributed by atoms with Gasteiger partial charge in [-0.3, -0.25) is 4.79 Å². The van der Waals surface area contributed by atoms with E-state index in [0.717, 1.165) is 37.7 Å². The van der Waals surface area contributed by atoms with Crippen molar-refractivity contribution in [2.24, 2.45) is 5.92 Å². The SMILES string of the molecule is O=C(NC(c1ccccc1)C1CCCC1)c1ccc(S(=O)(=O)N2CCCCC2)o1. The number of nitrogens with one attached hydrogen (secondary N) is 1. The van der Waals surface area contributed by atoms with Crippen molar-refractivity contribution in [3.8, 4) is 0 Å². The Bertz CT molecular complexity index is 927. The van der Waals surface area contributed by atoms with Crippen molar-refractivity contribution >= 4 is 15.9 Å². The van der Waals surface area contributed by atoms with E-state index < -0.39 is 10.0 Å². The largest absolute Gasteiger partial charge is 0.438 e. The van der Waals surface area contributed by atoms with Gasteiger partial charge in [0.2, 0.25) is 5.09 Å². The van der Waals surface area contributed by atoms with Crippen LogP contribution in [-0.2, 0) is 10.0 Å². The van der Waals surface area contributed by atoms with Crippen molar-refractivity contribution < 1.29 is 17.6 Å². The number of amides is 1. The van der Waals surface area contributed by atoms with Gasteiger partial charge in [-0.05, 0) is 49.3 Å². The third-order valence-corrected chi connectivity index (χ3v) is 7.80. The third kappa shape index (κ3) is 4.41. The molecule has 4 rings (SSSR count). The highest BCUT2D eigenvalue weighted by atomic mass is 32.2. The monoisotopic (exact) mass is 416 g/mol. The molecule has 156 valence electrons. The Hall–Kier alpha value is -2.12. The summed E-state index contributed by atoms with van der Waals surface area (Å²) < 4.78 is 32.5. The Morgan fingerprint density at radius 3 is 2.34 bits per heavy atom. The molecule has 1 saturated carbocycles. The topological polar surface area (TPSA) is 79.6 Å². The summed E-state index contributed by atoms with van der Waals surface area (Å²) in [5.41, 5.74) is 1.07. The molecule has 0 spiro atoms. The molecular weight excluding hydrogens is 388 g/mol. The number of rotatable bonds is 6. The lowest BCUT2D eigenvalue weighted by Gasteiger charge is -2.25. The minimum atomic E-state index is -3.68. The Kier molecular flexibility index (Phi) is 6.06. The van der Waals surface area contributed by atoms with E-state index in [4.69, 9.17) is 4.42 Å². The zero-order valence-electron chi connectivity index (χ0n) is 16.5. The first-order valence-corrected chi connectivity index (χ1v) is 12.0. The minimum absolute atomic E-state index is 0.0412. The highest BCUT2D eigenvalue weighted by molar-refractivity contribution is 7.89. The molecule has 2 heterocycles. The molecule has 29 heavy (non-hydrogen) atoms. The fourth-order valence-corrected chi connectivity index (χ4v) is 5.88. The number of carbonyl (C=O) groups excluding carboxylic acids is 1. The van der Waals surface area contributed by atoms with E-state index in [-0.39, 0.29) is 22.8 Å². The summed E-state index contributed by atoms with van der Waals surface area (Å²) in [6, 6.07) is 12.7. The van der Waals surface area contributed by atoms with E-state index in [0.29, 0.717) is 19.0 Å². The second-order valence-corrected chi connectivity index (χ2v) is 9.86. The van der Waals surface area contributed by atoms with Gasteiger partial charge in [0.15, 0.2) is 5.76 Å². The quantitative estimate of drug-likeness (QED) is 0.768. The fourth-order valence-electron chi connectivity index (χ4n) is 4.45. The van der Waals surface area contributed by atoms with E-state index >= 15 is 0 Å². The number of hydrogen-bond acceptors (Lipinski definition) is 4. The first-order chi connectivity index (χ1) is 14.1. The zero-order valence-corrected chi connectivity index (χ0v) is 17.4. The first kappa shape index (κ1) is 20.2. The molecule has 1 aromatic heterocycles. The molecule has 1 aliphatic heterocycles. The summed E-state index contributed by atoms with van der Waals surface area (Å²) in [5.74, 6) is 0.0539. The summed E-state index contributed by atoms with van der Waals surface area (Å²) in [6.07, 6.45) is 7.24. The molecule has 1 unspecified atom stereocenters. The Labute approximate surface area is 172 Å². The van der Waals surface area contributed by atoms with Crippen LogP contribution in [0.15, 0.2) is 52.0 Å². The van der Waals surface area contributed by atoms with E-state index in [1.54, 1.807) is 0 Å². The van der Waals surface area contributed by atoms with E-state index in [1.165, 1.54) is 29.3 Å². The van der Waals surface area contributed by atoms with Crippen LogP contribution in [0.2, 0.25) is 0 Å². The van der Waals surface area contributed by atoms with Gasteiger partial charge in [-0.1, -0.05) is 49.6 Å². The van der Waals surface area contributed by atoms with E-state index in [2.05, 4.69) is 5.32 Å². The van der Waals surface area contributed by atoms with Crippen molar-refractivity contribution in [2.45, 2.75) is 56.1 Å². The van der Waals surface area contributed by atoms with Gasteiger partial charge in [0.25, 0.3) is 15.9 Å². The molecule has 0 bridgehead atoms. The number of nitrogens with zero attached hydrogens (tertiary/aromatic N) is 1. The van der Waals surface area contributed by atoms with Crippen molar-refractivity contribution in [1.29, 1.82) is 0 Å². The van der Waals surface area contributed by atoms with Gasteiger partial charge >= 0.3 is 0 Å². The fraction of sp³-hybridized carbons (Fsp3) is 0.500. The second-order valence-electron chi connectivity index (χ2n) is 7.99. The van der Waals surface area contributed by atoms with Crippen LogP contribution >= 0.6 is 0 Å². The predicted molar refractivity (Wildman–Crippen MR) is 110 cm³/mol. The number of benzene rings is 1. The van der Waals surface area contributed by atoms with Crippen LogP contribution in [-0.4, -0.2) is 31.7 Å². The van der Waals surface area contributed by atoms with Crippen LogP contribution in [0.4, 0.5) is 0 Å². The van der Waals surface area contributed by atoms with Gasteiger partial charge in [-0.25, -0.2) is 8.42 Å². The summed E-state index contributed by atoms with van der Waals surface area (Å²) in [4.78, 5) is 12.9. The van der Waals surface area contributed by atoms with Crippen molar-refractivity contribution in [3.63, 3.8) is 0 Å². The van der Waals surface area contributed by atoms with Crippen LogP contribution in [0.5, 0.6) is 0 Å². The molecule has 1 N–H and O–H groups in total. The Balaban J connectivity index is 1.52. The van der Waals surface area contributed by atoms with Crippen LogP contribution in [0.1, 0.15) is 67.1 Å². The van der Waals surface area contributed by atoms with Crippen LogP contribution < -0.4 is 5.32 Å². The number of sulfonamides is 1. The average molecular weight is 417 g/mol. The maximum atomic E-state index is 12.9. The van der Waals surface area contributed by atoms with Gasteiger partial charge in [0.05, 0.1) is 6.04 Å². The lowest BCUT2D eigenvalue weighted by atomic mass is 9.91. The summed E-state index contributed by atoms with van der Waals surface area (Å²) in [5, 5.41) is 2.94. The summed E-state index contributed by atoms with van der Waals surface area (Å²) in [7, 11) is -3.68. The highest BCUT2D eigenvalue weighted by Crippen LogP contribution is 2.36. The molecule has 0 radical (unpaired) electrons. The maximum absolute atomic E-state index is 12.9. The number of piperidine rings is 1. The lowest BCUT2D eigenvalue weighted by Crippen LogP contribution is -2.35. The maximum Gasteiger partial charge on any atom is 0.287 e. The summed E-state index contributed by atoms with van der Waals surface area (Å²) in [6.45, 7) is 1.00. The second kappa shape index (κ2) is 8.71. The molecule has 6 nitrogen and oxygen atoms in total. The minimum Gasteiger partial charge on any atom is -0.438 e. The molecule has 1 atom stereocenters. The smallest absolute Gasteiger partial charge is 0.287 e. The molecular formula is C22H28N2O4S. The predicted octanol–water partition coefficient (Wildman–Crippen LogP) is 4.12. The van der Waals surface area contributed by atoms with E-state index in [9.17, 15) is 13.2 Å². The summed E-state index contributed by atoms with van der Waals surface area (Å²) >= 11 is 0. The van der Waals surface area contributed by atoms with Gasteiger partial charge in [-0.2, -0.15) is 4.31 Å². The van der Waals surface area contributed by atoms with Gasteiger partial charge in [-0.15, -0.1) is 0 Å². The normalized spacial score (nSPS) is 19.9. The van der Waals surface area contributed by atoms with Crippen LogP contribution in [0.25, 0.3) is 0 Å². The third-order valence-electron chi connectivity index (χ3n) is 6.03. The van der Waals surface area contributed by atoms with Gasteiger partial charge in [0.1, 0.15) is 0 Å². The number of furan rings is 1. The van der Waals surface area contributed by atoms with Crippen LogP contribution in [0.3, 0.4) is 0 Å². The molecule has 7 heteroatoms. The van der Waals surface area contributed by atoms with Crippen molar-refractivity contribution in [1.82, 2.24) is 9.62 Å². The molecule has 2 fully saturated rings. The molecule has 1 saturated heterocycles. The van der Waals surface area contributed by atoms with Gasteiger partial charge in [0, 0.05) is 13.1 Å². The number of carbonyl (C=O) groups is 1. The molecule has 2 aliphatic rings. The Morgan fingerprint density at radius 1 is 0.966 bits per heavy atom. The Morgan fingerprint density at radius 2 is 1.66 bits per heavy atom. The van der Waals surface area contributed by atoms with Crippen LogP contribution in [0, 0.1) is 5.92 Å². The molecule has 1 aromatic carbocycles. The van der Waals surface area contributed by atoms with Crippen molar-refractivity contribution in [2.75, 3.05) is 13.1 Å². The first-order valence-electron chi connectivity index (χ1n) is 10.5. The molecule has 1 amide bonds. The number of hydrogen-bond donors (Lipinski definition) is 1. The molecule has 1 aliphatic carbocycles. The van der Waals surface area contributed by atoms with E-state index in [1.807, 2.05) is 30.3 Å². The standard InChI is InChI=1S/C22H28N2O4S/c25-22(23-21(18-11-5-6-12-18)17-9-3-1-4-10-17)19-13-14-20(28-19)29(26,27)24-15-7-2-8-16-24/h1,3-4,9-10,13-14,18,21H,2,5-8,11-12,15-16H2,(H,23,25). The average Bonchev–Trinajstić information content (AvgIpc) is 3.46. The lowest BCUT2D eigenvalue weighted by molar-refractivity contribution is 0.0888. The zero-order chi connectivity index (χ0) is 20.3. The molecule has 2 aromatic rings. The van der Waals surface area contributed by atoms with Crippen molar-refractivity contribution in [3.05, 3.63) is 53.8 Å².